The molecule has 0 radical (unpaired) electrons. The summed E-state index contributed by atoms with van der Waals surface area (Å²) >= 11 is 10.2. The van der Waals surface area contributed by atoms with Crippen molar-refractivity contribution in [1.82, 2.24) is 0 Å². The van der Waals surface area contributed by atoms with Crippen molar-refractivity contribution < 1.29 is 19.1 Å². The molecule has 0 saturated carbocycles. The van der Waals surface area contributed by atoms with Crippen molar-refractivity contribution in [2.75, 3.05) is 0 Å². The Hall–Kier alpha value is -2.55. The topological polar surface area (TPSA) is 65.0 Å². The SMILES string of the molecule is Cc1ccc(C(=O)Oc2c(Br)cc(Br)cc2/C=C2\N=C(c3ccc(Br)cc3)OC2=O)cc1. The monoisotopic (exact) mass is 617 g/mol. The second-order valence-corrected chi connectivity index (χ2v) is 9.59. The standard InChI is InChI=1S/C24H14Br3NO4/c1-13-2-4-15(5-3-13)23(29)31-21-16(10-18(26)12-19(21)27)11-20-24(30)32-22(28-20)14-6-8-17(25)9-7-14/h2-12H,1H3/b20-11-. The summed E-state index contributed by atoms with van der Waals surface area (Å²) in [5.41, 5.74) is 2.71. The van der Waals surface area contributed by atoms with Gasteiger partial charge in [0, 0.05) is 20.1 Å². The van der Waals surface area contributed by atoms with E-state index in [9.17, 15) is 9.59 Å². The third-order valence-corrected chi connectivity index (χ3v) is 6.10. The minimum absolute atomic E-state index is 0.0977. The molecule has 3 aromatic rings. The number of benzene rings is 3. The maximum atomic E-state index is 12.7. The molecule has 0 unspecified atom stereocenters. The molecule has 5 nitrogen and oxygen atoms in total. The van der Waals surface area contributed by atoms with Gasteiger partial charge in [0.25, 0.3) is 0 Å². The molecule has 0 aliphatic carbocycles. The Morgan fingerprint density at radius 2 is 1.66 bits per heavy atom. The van der Waals surface area contributed by atoms with Gasteiger partial charge < -0.3 is 9.47 Å². The van der Waals surface area contributed by atoms with E-state index in [0.717, 1.165) is 14.5 Å². The molecule has 0 aromatic heterocycles. The molecular formula is C24H14Br3NO4. The molecule has 1 heterocycles. The largest absolute Gasteiger partial charge is 0.421 e. The van der Waals surface area contributed by atoms with Gasteiger partial charge in [0.15, 0.2) is 11.4 Å². The number of nitrogens with zero attached hydrogens (tertiary/aromatic N) is 1. The van der Waals surface area contributed by atoms with Crippen molar-refractivity contribution in [2.24, 2.45) is 4.99 Å². The number of aliphatic imine (C=N–C) groups is 1. The fourth-order valence-electron chi connectivity index (χ4n) is 2.91. The van der Waals surface area contributed by atoms with Gasteiger partial charge in [-0.05, 0) is 77.5 Å². The van der Waals surface area contributed by atoms with Crippen molar-refractivity contribution in [1.29, 1.82) is 0 Å². The van der Waals surface area contributed by atoms with Crippen molar-refractivity contribution in [3.63, 3.8) is 0 Å². The highest BCUT2D eigenvalue weighted by atomic mass is 79.9. The van der Waals surface area contributed by atoms with Gasteiger partial charge in [-0.2, -0.15) is 0 Å². The molecule has 0 saturated heterocycles. The molecule has 160 valence electrons. The first kappa shape index (κ1) is 22.6. The normalized spacial score (nSPS) is 14.3. The average molecular weight is 620 g/mol. The zero-order valence-electron chi connectivity index (χ0n) is 16.6. The molecule has 0 fully saturated rings. The Bertz CT molecular complexity index is 1280. The van der Waals surface area contributed by atoms with Crippen molar-refractivity contribution in [2.45, 2.75) is 6.92 Å². The first-order valence-electron chi connectivity index (χ1n) is 9.36. The van der Waals surface area contributed by atoms with E-state index < -0.39 is 11.9 Å². The van der Waals surface area contributed by atoms with Crippen LogP contribution < -0.4 is 4.74 Å². The van der Waals surface area contributed by atoms with E-state index >= 15 is 0 Å². The second kappa shape index (κ2) is 9.52. The number of ether oxygens (including phenoxy) is 2. The number of esters is 2. The molecule has 0 bridgehead atoms. The smallest absolute Gasteiger partial charge is 0.363 e. The number of hydrogen-bond acceptors (Lipinski definition) is 5. The maximum absolute atomic E-state index is 12.7. The minimum atomic E-state index is -0.588. The second-order valence-electron chi connectivity index (χ2n) is 6.90. The zero-order valence-corrected chi connectivity index (χ0v) is 21.3. The molecule has 4 rings (SSSR count). The molecule has 0 N–H and O–H groups in total. The lowest BCUT2D eigenvalue weighted by Gasteiger charge is -2.11. The third kappa shape index (κ3) is 5.09. The van der Waals surface area contributed by atoms with Crippen LogP contribution in [0.4, 0.5) is 0 Å². The number of halogens is 3. The Kier molecular flexibility index (Phi) is 6.74. The molecule has 1 aliphatic rings. The van der Waals surface area contributed by atoms with Crippen LogP contribution in [0.5, 0.6) is 5.75 Å². The van der Waals surface area contributed by atoms with E-state index in [-0.39, 0.29) is 17.3 Å². The van der Waals surface area contributed by atoms with Gasteiger partial charge in [0.2, 0.25) is 5.90 Å². The van der Waals surface area contributed by atoms with Crippen LogP contribution in [0.3, 0.4) is 0 Å². The highest BCUT2D eigenvalue weighted by Gasteiger charge is 2.25. The van der Waals surface area contributed by atoms with Crippen LogP contribution in [0.2, 0.25) is 0 Å². The Morgan fingerprint density at radius 3 is 2.34 bits per heavy atom. The van der Waals surface area contributed by atoms with Gasteiger partial charge in [-0.3, -0.25) is 0 Å². The average Bonchev–Trinajstić information content (AvgIpc) is 3.11. The lowest BCUT2D eigenvalue weighted by Crippen LogP contribution is -2.10. The van der Waals surface area contributed by atoms with Gasteiger partial charge in [-0.1, -0.05) is 49.6 Å². The van der Waals surface area contributed by atoms with Crippen LogP contribution in [0.25, 0.3) is 6.08 Å². The van der Waals surface area contributed by atoms with E-state index in [4.69, 9.17) is 9.47 Å². The van der Waals surface area contributed by atoms with E-state index in [1.54, 1.807) is 36.4 Å². The highest BCUT2D eigenvalue weighted by molar-refractivity contribution is 9.11. The van der Waals surface area contributed by atoms with E-state index in [2.05, 4.69) is 52.8 Å². The molecule has 1 aliphatic heterocycles. The minimum Gasteiger partial charge on any atom is -0.421 e. The summed E-state index contributed by atoms with van der Waals surface area (Å²) in [6, 6.07) is 17.8. The fourth-order valence-corrected chi connectivity index (χ4v) is 4.51. The Morgan fingerprint density at radius 1 is 0.969 bits per heavy atom. The summed E-state index contributed by atoms with van der Waals surface area (Å²) in [6.45, 7) is 1.94. The van der Waals surface area contributed by atoms with Crippen molar-refractivity contribution in [3.05, 3.63) is 102 Å². The molecule has 0 amide bonds. The summed E-state index contributed by atoms with van der Waals surface area (Å²) in [4.78, 5) is 29.5. The summed E-state index contributed by atoms with van der Waals surface area (Å²) in [7, 11) is 0. The number of cyclic esters (lactones) is 1. The van der Waals surface area contributed by atoms with Crippen LogP contribution in [0, 0.1) is 6.92 Å². The number of aryl methyl sites for hydroxylation is 1. The van der Waals surface area contributed by atoms with E-state index in [1.165, 1.54) is 6.08 Å². The lowest BCUT2D eigenvalue weighted by atomic mass is 10.1. The number of hydrogen-bond donors (Lipinski definition) is 0. The first-order chi connectivity index (χ1) is 15.3. The predicted octanol–water partition coefficient (Wildman–Crippen LogP) is 6.85. The lowest BCUT2D eigenvalue weighted by molar-refractivity contribution is -0.129. The molecular weight excluding hydrogens is 606 g/mol. The molecule has 32 heavy (non-hydrogen) atoms. The van der Waals surface area contributed by atoms with Gasteiger partial charge in [0.05, 0.1) is 10.0 Å². The fraction of sp³-hybridized carbons (Fsp3) is 0.0417. The molecule has 0 atom stereocenters. The summed E-state index contributed by atoms with van der Waals surface area (Å²) in [6.07, 6.45) is 1.53. The van der Waals surface area contributed by atoms with Gasteiger partial charge in [0.1, 0.15) is 0 Å². The highest BCUT2D eigenvalue weighted by Crippen LogP contribution is 2.35. The van der Waals surface area contributed by atoms with E-state index in [0.29, 0.717) is 21.2 Å². The predicted molar refractivity (Wildman–Crippen MR) is 133 cm³/mol. The van der Waals surface area contributed by atoms with E-state index in [1.807, 2.05) is 31.2 Å². The number of carbonyl (C=O) groups excluding carboxylic acids is 2. The van der Waals surface area contributed by atoms with Crippen LogP contribution >= 0.6 is 47.8 Å². The van der Waals surface area contributed by atoms with Gasteiger partial charge >= 0.3 is 11.9 Å². The van der Waals surface area contributed by atoms with Crippen molar-refractivity contribution in [3.8, 4) is 5.75 Å². The van der Waals surface area contributed by atoms with Crippen LogP contribution in [0.1, 0.15) is 27.0 Å². The summed E-state index contributed by atoms with van der Waals surface area (Å²) < 4.78 is 13.2. The number of carbonyl (C=O) groups is 2. The number of rotatable bonds is 4. The zero-order chi connectivity index (χ0) is 22.8. The van der Waals surface area contributed by atoms with Gasteiger partial charge in [-0.15, -0.1) is 0 Å². The quantitative estimate of drug-likeness (QED) is 0.182. The van der Waals surface area contributed by atoms with Crippen LogP contribution in [-0.2, 0) is 9.53 Å². The summed E-state index contributed by atoms with van der Waals surface area (Å²) in [5, 5.41) is 0. The molecule has 0 spiro atoms. The molecule has 8 heteroatoms. The first-order valence-corrected chi connectivity index (χ1v) is 11.7. The van der Waals surface area contributed by atoms with Crippen LogP contribution in [-0.4, -0.2) is 17.8 Å². The third-order valence-electron chi connectivity index (χ3n) is 4.52. The summed E-state index contributed by atoms with van der Waals surface area (Å²) in [5.74, 6) is -0.622. The molecule has 3 aromatic carbocycles. The van der Waals surface area contributed by atoms with Crippen molar-refractivity contribution >= 4 is 71.7 Å². The van der Waals surface area contributed by atoms with Crippen LogP contribution in [0.15, 0.2) is 84.8 Å². The Labute approximate surface area is 209 Å². The maximum Gasteiger partial charge on any atom is 0.363 e. The Balaban J connectivity index is 1.69. The van der Waals surface area contributed by atoms with Gasteiger partial charge in [-0.25, -0.2) is 14.6 Å².